The number of amides is 1. The molecule has 0 saturated heterocycles. The van der Waals surface area contributed by atoms with Gasteiger partial charge in [-0.15, -0.1) is 11.3 Å². The molecule has 6 nitrogen and oxygen atoms in total. The van der Waals surface area contributed by atoms with Crippen LogP contribution in [0.4, 0.5) is 19.6 Å². The quantitative estimate of drug-likeness (QED) is 0.428. The van der Waals surface area contributed by atoms with Gasteiger partial charge in [0, 0.05) is 30.6 Å². The molecule has 0 saturated carbocycles. The molecule has 0 atom stereocenters. The maximum absolute atomic E-state index is 14.1. The second-order valence-electron chi connectivity index (χ2n) is 6.51. The molecule has 1 aromatic carbocycles. The van der Waals surface area contributed by atoms with Gasteiger partial charge in [-0.25, -0.2) is 13.8 Å². The summed E-state index contributed by atoms with van der Waals surface area (Å²) in [5.41, 5.74) is 0.786. The summed E-state index contributed by atoms with van der Waals surface area (Å²) in [7, 11) is 0. The van der Waals surface area contributed by atoms with Gasteiger partial charge in [0.2, 0.25) is 5.91 Å². The minimum absolute atomic E-state index is 0.0963. The molecule has 3 aromatic rings. The van der Waals surface area contributed by atoms with Gasteiger partial charge < -0.3 is 0 Å². The van der Waals surface area contributed by atoms with Crippen molar-refractivity contribution in [2.45, 2.75) is 26.8 Å². The van der Waals surface area contributed by atoms with Crippen molar-refractivity contribution >= 4 is 39.9 Å². The zero-order valence-corrected chi connectivity index (χ0v) is 16.8. The van der Waals surface area contributed by atoms with E-state index in [4.69, 9.17) is 0 Å². The first-order valence-electron chi connectivity index (χ1n) is 8.74. The summed E-state index contributed by atoms with van der Waals surface area (Å²) in [6, 6.07) is 3.10. The van der Waals surface area contributed by atoms with Gasteiger partial charge >= 0.3 is 0 Å². The summed E-state index contributed by atoms with van der Waals surface area (Å²) in [4.78, 5) is 29.7. The Morgan fingerprint density at radius 2 is 2.03 bits per heavy atom. The second kappa shape index (κ2) is 8.44. The summed E-state index contributed by atoms with van der Waals surface area (Å²) in [6.45, 7) is 5.17. The summed E-state index contributed by atoms with van der Waals surface area (Å²) in [6.07, 6.45) is 6.03. The smallest absolute Gasteiger partial charge is 0.230 e. The lowest BCUT2D eigenvalue weighted by molar-refractivity contribution is -0.115. The first-order valence-corrected chi connectivity index (χ1v) is 9.62. The van der Waals surface area contributed by atoms with Crippen LogP contribution in [0, 0.1) is 11.6 Å². The molecule has 2 heterocycles. The van der Waals surface area contributed by atoms with Crippen molar-refractivity contribution in [1.29, 1.82) is 0 Å². The fourth-order valence-electron chi connectivity index (χ4n) is 2.53. The van der Waals surface area contributed by atoms with E-state index in [-0.39, 0.29) is 22.6 Å². The van der Waals surface area contributed by atoms with Gasteiger partial charge in [-0.2, -0.15) is 5.10 Å². The van der Waals surface area contributed by atoms with E-state index in [2.05, 4.69) is 10.1 Å². The zero-order chi connectivity index (χ0) is 21.1. The van der Waals surface area contributed by atoms with E-state index in [1.54, 1.807) is 16.3 Å². The van der Waals surface area contributed by atoms with Crippen LogP contribution < -0.4 is 4.90 Å². The van der Waals surface area contributed by atoms with Crippen molar-refractivity contribution in [3.63, 3.8) is 0 Å². The average Bonchev–Trinajstić information content (AvgIpc) is 3.31. The molecular weight excluding hydrogens is 398 g/mol. The van der Waals surface area contributed by atoms with Crippen LogP contribution in [0.3, 0.4) is 0 Å². The number of nitrogens with zero attached hydrogens (tertiary/aromatic N) is 4. The number of ketones is 1. The van der Waals surface area contributed by atoms with Gasteiger partial charge in [-0.3, -0.25) is 19.2 Å². The SMILES string of the molecule is CC(=O)N(c1nc(C=CC(=O)c2cnn(C(C)C)c2)cs1)c1ccc(F)cc1F. The third-order valence-corrected chi connectivity index (χ3v) is 4.83. The molecule has 9 heteroatoms. The zero-order valence-electron chi connectivity index (χ0n) is 16.0. The van der Waals surface area contributed by atoms with Gasteiger partial charge in [-0.1, -0.05) is 0 Å². The van der Waals surface area contributed by atoms with E-state index >= 15 is 0 Å². The first-order chi connectivity index (χ1) is 13.8. The van der Waals surface area contributed by atoms with Crippen LogP contribution in [0.2, 0.25) is 0 Å². The molecule has 1 amide bonds. The van der Waals surface area contributed by atoms with Gasteiger partial charge in [0.1, 0.15) is 11.6 Å². The largest absolute Gasteiger partial charge is 0.289 e. The summed E-state index contributed by atoms with van der Waals surface area (Å²) >= 11 is 1.10. The summed E-state index contributed by atoms with van der Waals surface area (Å²) in [5, 5.41) is 5.97. The lowest BCUT2D eigenvalue weighted by atomic mass is 10.2. The molecule has 29 heavy (non-hydrogen) atoms. The summed E-state index contributed by atoms with van der Waals surface area (Å²) in [5.74, 6) is -2.32. The highest BCUT2D eigenvalue weighted by Crippen LogP contribution is 2.31. The number of allylic oxidation sites excluding steroid dienone is 1. The molecule has 0 unspecified atom stereocenters. The molecule has 0 radical (unpaired) electrons. The molecular formula is C20H18F2N4O2S. The van der Waals surface area contributed by atoms with Gasteiger partial charge in [-0.05, 0) is 38.1 Å². The molecule has 0 aliphatic carbocycles. The van der Waals surface area contributed by atoms with Crippen molar-refractivity contribution in [3.8, 4) is 0 Å². The minimum atomic E-state index is -0.871. The highest BCUT2D eigenvalue weighted by atomic mass is 32.1. The van der Waals surface area contributed by atoms with Crippen LogP contribution in [0.25, 0.3) is 6.08 Å². The van der Waals surface area contributed by atoms with Crippen molar-refractivity contribution in [3.05, 3.63) is 64.9 Å². The van der Waals surface area contributed by atoms with E-state index < -0.39 is 17.5 Å². The number of rotatable bonds is 6. The van der Waals surface area contributed by atoms with Crippen molar-refractivity contribution in [2.24, 2.45) is 0 Å². The molecule has 2 aromatic heterocycles. The second-order valence-corrected chi connectivity index (χ2v) is 7.34. The van der Waals surface area contributed by atoms with Crippen LogP contribution >= 0.6 is 11.3 Å². The van der Waals surface area contributed by atoms with Crippen LogP contribution in [0.1, 0.15) is 42.9 Å². The molecule has 0 bridgehead atoms. The lowest BCUT2D eigenvalue weighted by Gasteiger charge is -2.18. The van der Waals surface area contributed by atoms with E-state index in [9.17, 15) is 18.4 Å². The van der Waals surface area contributed by atoms with E-state index in [1.165, 1.54) is 31.3 Å². The molecule has 150 valence electrons. The Hall–Kier alpha value is -3.20. The Morgan fingerprint density at radius 3 is 2.66 bits per heavy atom. The Labute approximate surface area is 170 Å². The number of anilines is 2. The molecule has 0 aliphatic rings. The van der Waals surface area contributed by atoms with Crippen LogP contribution in [-0.2, 0) is 4.79 Å². The molecule has 0 fully saturated rings. The average molecular weight is 416 g/mol. The number of halogens is 2. The topological polar surface area (TPSA) is 68.1 Å². The number of hydrogen-bond acceptors (Lipinski definition) is 5. The van der Waals surface area contributed by atoms with E-state index in [1.807, 2.05) is 13.8 Å². The maximum Gasteiger partial charge on any atom is 0.230 e. The Kier molecular flexibility index (Phi) is 5.97. The fourth-order valence-corrected chi connectivity index (χ4v) is 3.38. The number of carbonyl (C=O) groups is 2. The van der Waals surface area contributed by atoms with Crippen molar-refractivity contribution in [2.75, 3.05) is 4.90 Å². The number of aromatic nitrogens is 3. The van der Waals surface area contributed by atoms with Crippen molar-refractivity contribution in [1.82, 2.24) is 14.8 Å². The monoisotopic (exact) mass is 416 g/mol. The Balaban J connectivity index is 1.81. The fraction of sp³-hybridized carbons (Fsp3) is 0.200. The number of carbonyl (C=O) groups excluding carboxylic acids is 2. The highest BCUT2D eigenvalue weighted by molar-refractivity contribution is 7.14. The maximum atomic E-state index is 14.1. The Bertz CT molecular complexity index is 1090. The predicted molar refractivity (Wildman–Crippen MR) is 107 cm³/mol. The standard InChI is InChI=1S/C20H18F2N4O2S/c1-12(2)25-10-14(9-23-25)19(28)7-5-16-11-29-20(24-16)26(13(3)27)18-6-4-15(21)8-17(18)22/h4-12H,1-3H3. The first kappa shape index (κ1) is 20.5. The van der Waals surface area contributed by atoms with Gasteiger partial charge in [0.25, 0.3) is 0 Å². The molecule has 3 rings (SSSR count). The lowest BCUT2D eigenvalue weighted by Crippen LogP contribution is -2.23. The van der Waals surface area contributed by atoms with Gasteiger partial charge in [0.15, 0.2) is 10.9 Å². The third kappa shape index (κ3) is 4.62. The van der Waals surface area contributed by atoms with Gasteiger partial charge in [0.05, 0.1) is 23.1 Å². The third-order valence-electron chi connectivity index (χ3n) is 3.99. The highest BCUT2D eigenvalue weighted by Gasteiger charge is 2.21. The number of hydrogen-bond donors (Lipinski definition) is 0. The molecule has 0 N–H and O–H groups in total. The number of thiazole rings is 1. The number of benzene rings is 1. The van der Waals surface area contributed by atoms with Crippen LogP contribution in [-0.4, -0.2) is 26.5 Å². The Morgan fingerprint density at radius 1 is 1.28 bits per heavy atom. The van der Waals surface area contributed by atoms with E-state index in [0.717, 1.165) is 22.3 Å². The van der Waals surface area contributed by atoms with Crippen molar-refractivity contribution < 1.29 is 18.4 Å². The van der Waals surface area contributed by atoms with Crippen LogP contribution in [0.15, 0.2) is 42.0 Å². The minimum Gasteiger partial charge on any atom is -0.289 e. The summed E-state index contributed by atoms with van der Waals surface area (Å²) < 4.78 is 29.0. The molecule has 0 aliphatic heterocycles. The molecule has 0 spiro atoms. The predicted octanol–water partition coefficient (Wildman–Crippen LogP) is 4.78. The normalized spacial score (nSPS) is 11.4. The van der Waals surface area contributed by atoms with E-state index in [0.29, 0.717) is 17.3 Å². The van der Waals surface area contributed by atoms with Crippen LogP contribution in [0.5, 0.6) is 0 Å².